The molecule has 2 N–H and O–H groups in total. The summed E-state index contributed by atoms with van der Waals surface area (Å²) in [5.41, 5.74) is 0. The van der Waals surface area contributed by atoms with Crippen LogP contribution in [-0.4, -0.2) is 68.5 Å². The predicted molar refractivity (Wildman–Crippen MR) is 159 cm³/mol. The second-order valence-corrected chi connectivity index (χ2v) is 13.2. The van der Waals surface area contributed by atoms with Crippen molar-refractivity contribution >= 4 is 13.7 Å². The number of rotatable bonds is 27. The Morgan fingerprint density at radius 3 is 1.92 bits per heavy atom. The fourth-order valence-electron chi connectivity index (χ4n) is 4.15. The smallest absolute Gasteiger partial charge is 0.268 e. The molecule has 0 aliphatic heterocycles. The van der Waals surface area contributed by atoms with Crippen LogP contribution in [0, 0.1) is 0 Å². The van der Waals surface area contributed by atoms with Gasteiger partial charge in [0.05, 0.1) is 39.9 Å². The number of aliphatic hydroxyl groups excluding tert-OH is 1. The Bertz CT molecular complexity index is 668. The van der Waals surface area contributed by atoms with E-state index in [0.717, 1.165) is 38.5 Å². The molecule has 9 heteroatoms. The van der Waals surface area contributed by atoms with Crippen molar-refractivity contribution in [2.45, 2.75) is 135 Å². The van der Waals surface area contributed by atoms with E-state index in [1.807, 2.05) is 27.2 Å². The van der Waals surface area contributed by atoms with Crippen molar-refractivity contribution in [2.75, 3.05) is 40.9 Å². The molecule has 0 aliphatic rings. The van der Waals surface area contributed by atoms with Gasteiger partial charge in [-0.25, -0.2) is 0 Å². The second-order valence-electron chi connectivity index (χ2n) is 11.8. The van der Waals surface area contributed by atoms with Crippen LogP contribution in [0.4, 0.5) is 0 Å². The Morgan fingerprint density at radius 1 is 0.872 bits per heavy atom. The first-order valence-corrected chi connectivity index (χ1v) is 17.0. The number of carbonyl (C=O) groups is 1. The summed E-state index contributed by atoms with van der Waals surface area (Å²) in [4.78, 5) is 24.8. The minimum absolute atomic E-state index is 0.000615. The van der Waals surface area contributed by atoms with E-state index in [9.17, 15) is 19.4 Å². The summed E-state index contributed by atoms with van der Waals surface area (Å²) in [6.07, 6.45) is 21.2. The van der Waals surface area contributed by atoms with Crippen LogP contribution in [-0.2, 0) is 18.4 Å². The minimum atomic E-state index is -4.56. The highest BCUT2D eigenvalue weighted by atomic mass is 31.2. The average molecular weight is 577 g/mol. The summed E-state index contributed by atoms with van der Waals surface area (Å²) in [5.74, 6) is -0.209. The van der Waals surface area contributed by atoms with Gasteiger partial charge < -0.3 is 28.8 Å². The van der Waals surface area contributed by atoms with Gasteiger partial charge in [0, 0.05) is 6.42 Å². The number of hydrogen-bond acceptors (Lipinski definition) is 6. The van der Waals surface area contributed by atoms with Crippen molar-refractivity contribution in [3.05, 3.63) is 12.2 Å². The summed E-state index contributed by atoms with van der Waals surface area (Å²) in [6.45, 7) is 4.53. The molecule has 0 rings (SSSR count). The van der Waals surface area contributed by atoms with E-state index in [2.05, 4.69) is 19.2 Å². The van der Waals surface area contributed by atoms with Gasteiger partial charge in [-0.05, 0) is 19.3 Å². The minimum Gasteiger partial charge on any atom is -0.756 e. The SMILES string of the molecule is CCCCCCCCCC/C=C/C(O)C(COP(=O)([O-])OCC[N+](C)(C)C)NC(=O)CCCCCCCCC. The number of hydrogen-bond donors (Lipinski definition) is 2. The molecular formula is C30H61N2O6P. The molecule has 0 heterocycles. The molecule has 3 atom stereocenters. The number of allylic oxidation sites excluding steroid dienone is 1. The Kier molecular flexibility index (Phi) is 23.4. The Morgan fingerprint density at radius 2 is 1.38 bits per heavy atom. The van der Waals surface area contributed by atoms with E-state index in [1.54, 1.807) is 6.08 Å². The molecule has 8 nitrogen and oxygen atoms in total. The molecule has 232 valence electrons. The number of nitrogens with one attached hydrogen (secondary N) is 1. The number of aliphatic hydroxyl groups is 1. The molecule has 39 heavy (non-hydrogen) atoms. The zero-order chi connectivity index (χ0) is 29.4. The van der Waals surface area contributed by atoms with Crippen molar-refractivity contribution in [1.82, 2.24) is 5.32 Å². The monoisotopic (exact) mass is 576 g/mol. The zero-order valence-electron chi connectivity index (χ0n) is 25.8. The number of quaternary nitrogens is 1. The number of unbranched alkanes of at least 4 members (excludes halogenated alkanes) is 14. The van der Waals surface area contributed by atoms with Crippen molar-refractivity contribution < 1.29 is 32.9 Å². The summed E-state index contributed by atoms with van der Waals surface area (Å²) in [7, 11) is 1.26. The van der Waals surface area contributed by atoms with E-state index in [-0.39, 0.29) is 19.1 Å². The molecular weight excluding hydrogens is 515 g/mol. The topological polar surface area (TPSA) is 108 Å². The molecule has 3 unspecified atom stereocenters. The maximum Gasteiger partial charge on any atom is 0.268 e. The van der Waals surface area contributed by atoms with Crippen LogP contribution >= 0.6 is 7.82 Å². The third-order valence-corrected chi connectivity index (χ3v) is 7.71. The largest absolute Gasteiger partial charge is 0.756 e. The van der Waals surface area contributed by atoms with Gasteiger partial charge in [-0.15, -0.1) is 0 Å². The molecule has 0 saturated carbocycles. The Hall–Kier alpha value is -0.760. The lowest BCUT2D eigenvalue weighted by molar-refractivity contribution is -0.870. The third kappa shape index (κ3) is 25.9. The van der Waals surface area contributed by atoms with Crippen molar-refractivity contribution in [2.24, 2.45) is 0 Å². The lowest BCUT2D eigenvalue weighted by Gasteiger charge is -2.29. The molecule has 0 bridgehead atoms. The molecule has 0 saturated heterocycles. The molecule has 0 fully saturated rings. The Balaban J connectivity index is 4.69. The molecule has 0 aromatic rings. The number of nitrogens with zero attached hydrogens (tertiary/aromatic N) is 1. The van der Waals surface area contributed by atoms with Crippen molar-refractivity contribution in [3.8, 4) is 0 Å². The maximum absolute atomic E-state index is 12.6. The van der Waals surface area contributed by atoms with E-state index in [0.29, 0.717) is 17.4 Å². The first-order chi connectivity index (χ1) is 18.5. The lowest BCUT2D eigenvalue weighted by Crippen LogP contribution is -2.45. The lowest BCUT2D eigenvalue weighted by atomic mass is 10.1. The van der Waals surface area contributed by atoms with Gasteiger partial charge in [0.25, 0.3) is 7.82 Å². The van der Waals surface area contributed by atoms with Crippen LogP contribution in [0.3, 0.4) is 0 Å². The number of phosphoric acid groups is 1. The van der Waals surface area contributed by atoms with Crippen LogP contribution in [0.5, 0.6) is 0 Å². The molecule has 0 aromatic heterocycles. The van der Waals surface area contributed by atoms with E-state index in [1.165, 1.54) is 64.2 Å². The summed E-state index contributed by atoms with van der Waals surface area (Å²) < 4.78 is 22.9. The normalized spacial score (nSPS) is 15.4. The predicted octanol–water partition coefficient (Wildman–Crippen LogP) is 6.27. The average Bonchev–Trinajstić information content (AvgIpc) is 2.86. The van der Waals surface area contributed by atoms with E-state index < -0.39 is 20.0 Å². The van der Waals surface area contributed by atoms with E-state index >= 15 is 0 Å². The van der Waals surface area contributed by atoms with Gasteiger partial charge in [0.1, 0.15) is 13.2 Å². The van der Waals surface area contributed by atoms with Crippen molar-refractivity contribution in [1.29, 1.82) is 0 Å². The van der Waals surface area contributed by atoms with Gasteiger partial charge in [-0.2, -0.15) is 0 Å². The number of likely N-dealkylation sites (N-methyl/N-ethyl adjacent to an activating group) is 1. The molecule has 0 aliphatic carbocycles. The van der Waals surface area contributed by atoms with Crippen LogP contribution in [0.25, 0.3) is 0 Å². The molecule has 0 aromatic carbocycles. The highest BCUT2D eigenvalue weighted by Gasteiger charge is 2.23. The summed E-state index contributed by atoms with van der Waals surface area (Å²) in [5, 5.41) is 13.5. The van der Waals surface area contributed by atoms with Gasteiger partial charge in [-0.1, -0.05) is 109 Å². The van der Waals surface area contributed by atoms with Crippen LogP contribution < -0.4 is 10.2 Å². The van der Waals surface area contributed by atoms with Crippen LogP contribution in [0.2, 0.25) is 0 Å². The highest BCUT2D eigenvalue weighted by molar-refractivity contribution is 7.45. The van der Waals surface area contributed by atoms with Crippen molar-refractivity contribution in [3.63, 3.8) is 0 Å². The van der Waals surface area contributed by atoms with Crippen LogP contribution in [0.15, 0.2) is 12.2 Å². The highest BCUT2D eigenvalue weighted by Crippen LogP contribution is 2.38. The summed E-state index contributed by atoms with van der Waals surface area (Å²) >= 11 is 0. The van der Waals surface area contributed by atoms with Gasteiger partial charge in [0.15, 0.2) is 0 Å². The van der Waals surface area contributed by atoms with Gasteiger partial charge in [0.2, 0.25) is 5.91 Å². The number of amides is 1. The number of phosphoric ester groups is 1. The second kappa shape index (κ2) is 23.9. The fraction of sp³-hybridized carbons (Fsp3) is 0.900. The Labute approximate surface area is 240 Å². The quantitative estimate of drug-likeness (QED) is 0.0517. The molecule has 0 spiro atoms. The van der Waals surface area contributed by atoms with Crippen LogP contribution in [0.1, 0.15) is 123 Å². The molecule has 1 amide bonds. The maximum atomic E-state index is 12.6. The first kappa shape index (κ1) is 38.2. The number of carbonyl (C=O) groups excluding carboxylic acids is 1. The zero-order valence-corrected chi connectivity index (χ0v) is 26.7. The third-order valence-electron chi connectivity index (χ3n) is 6.75. The van der Waals surface area contributed by atoms with E-state index in [4.69, 9.17) is 9.05 Å². The van der Waals surface area contributed by atoms with Gasteiger partial charge in [-0.3, -0.25) is 9.36 Å². The fourth-order valence-corrected chi connectivity index (χ4v) is 4.87. The first-order valence-electron chi connectivity index (χ1n) is 15.6. The van der Waals surface area contributed by atoms with Gasteiger partial charge >= 0.3 is 0 Å². The molecule has 0 radical (unpaired) electrons. The standard InChI is InChI=1S/C30H61N2O6P/c1-6-8-10-12-14-15-16-18-19-21-23-29(33)28(27-38-39(35,36)37-26-25-32(3,4)5)31-30(34)24-22-20-17-13-11-9-7-2/h21,23,28-29,33H,6-20,22,24-27H2,1-5H3,(H-,31,34,35,36)/b23-21+. The summed E-state index contributed by atoms with van der Waals surface area (Å²) in [6, 6.07) is -0.874.